The zero-order valence-corrected chi connectivity index (χ0v) is 13.0. The van der Waals surface area contributed by atoms with Crippen molar-refractivity contribution in [3.05, 3.63) is 35.0 Å². The van der Waals surface area contributed by atoms with Gasteiger partial charge in [0.05, 0.1) is 0 Å². The third-order valence-electron chi connectivity index (χ3n) is 5.40. The number of hydrogen-bond acceptors (Lipinski definition) is 1. The van der Waals surface area contributed by atoms with Crippen LogP contribution in [0.25, 0.3) is 10.9 Å². The molecule has 0 amide bonds. The van der Waals surface area contributed by atoms with Crippen molar-refractivity contribution in [2.45, 2.75) is 70.4 Å². The fraction of sp³-hybridized carbons (Fsp3) is 0.579. The summed E-state index contributed by atoms with van der Waals surface area (Å²) < 4.78 is 0. The van der Waals surface area contributed by atoms with Gasteiger partial charge in [-0.2, -0.15) is 0 Å². The highest BCUT2D eigenvalue weighted by Crippen LogP contribution is 2.36. The molecule has 0 aliphatic heterocycles. The van der Waals surface area contributed by atoms with Gasteiger partial charge < -0.3 is 10.3 Å². The lowest BCUT2D eigenvalue weighted by Crippen LogP contribution is -2.36. The van der Waals surface area contributed by atoms with Crippen LogP contribution in [0.15, 0.2) is 18.2 Å². The maximum atomic E-state index is 3.96. The number of H-pyrrole nitrogens is 1. The third-order valence-corrected chi connectivity index (χ3v) is 5.40. The largest absolute Gasteiger partial charge is 0.357 e. The average molecular weight is 282 g/mol. The summed E-state index contributed by atoms with van der Waals surface area (Å²) in [5.74, 6) is 0. The number of aryl methyl sites for hydroxylation is 2. The van der Waals surface area contributed by atoms with Crippen LogP contribution in [0.1, 0.15) is 67.8 Å². The summed E-state index contributed by atoms with van der Waals surface area (Å²) in [6, 6.07) is 8.11. The van der Waals surface area contributed by atoms with Crippen molar-refractivity contribution in [2.24, 2.45) is 0 Å². The molecule has 2 aromatic rings. The summed E-state index contributed by atoms with van der Waals surface area (Å²) in [5.41, 5.74) is 5.75. The van der Waals surface area contributed by atoms with Crippen LogP contribution in [-0.2, 0) is 6.42 Å². The Morgan fingerprint density at radius 3 is 2.76 bits per heavy atom. The molecule has 4 rings (SSSR count). The molecule has 0 saturated heterocycles. The molecule has 0 spiro atoms. The highest BCUT2D eigenvalue weighted by Gasteiger charge is 2.26. The first kappa shape index (κ1) is 13.4. The maximum absolute atomic E-state index is 3.96. The van der Waals surface area contributed by atoms with E-state index < -0.39 is 0 Å². The second-order valence-corrected chi connectivity index (χ2v) is 7.01. The SMILES string of the molecule is Cc1ccc2[nH]c3c(c2c1)CCC[C@H]3NC1CCCCC1. The van der Waals surface area contributed by atoms with Gasteiger partial charge in [-0.15, -0.1) is 0 Å². The maximum Gasteiger partial charge on any atom is 0.0478 e. The topological polar surface area (TPSA) is 27.8 Å². The van der Waals surface area contributed by atoms with E-state index in [2.05, 4.69) is 35.4 Å². The Morgan fingerprint density at radius 2 is 1.90 bits per heavy atom. The molecule has 2 aliphatic rings. The summed E-state index contributed by atoms with van der Waals surface area (Å²) in [6.45, 7) is 2.19. The summed E-state index contributed by atoms with van der Waals surface area (Å²) in [5, 5.41) is 5.42. The molecule has 1 fully saturated rings. The van der Waals surface area contributed by atoms with Crippen LogP contribution in [0.5, 0.6) is 0 Å². The van der Waals surface area contributed by atoms with E-state index in [9.17, 15) is 0 Å². The lowest BCUT2D eigenvalue weighted by molar-refractivity contribution is 0.318. The van der Waals surface area contributed by atoms with Crippen LogP contribution < -0.4 is 5.32 Å². The second-order valence-electron chi connectivity index (χ2n) is 7.01. The molecule has 0 unspecified atom stereocenters. The van der Waals surface area contributed by atoms with E-state index in [4.69, 9.17) is 0 Å². The molecule has 2 nitrogen and oxygen atoms in total. The smallest absolute Gasteiger partial charge is 0.0478 e. The van der Waals surface area contributed by atoms with Gasteiger partial charge in [0, 0.05) is 28.7 Å². The van der Waals surface area contributed by atoms with Crippen LogP contribution in [0, 0.1) is 6.92 Å². The molecule has 0 radical (unpaired) electrons. The predicted molar refractivity (Wildman–Crippen MR) is 88.7 cm³/mol. The zero-order valence-electron chi connectivity index (χ0n) is 13.0. The number of fused-ring (bicyclic) bond motifs is 3. The molecule has 1 aromatic carbocycles. The van der Waals surface area contributed by atoms with E-state index in [0.29, 0.717) is 6.04 Å². The Morgan fingerprint density at radius 1 is 1.05 bits per heavy atom. The average Bonchev–Trinajstić information content (AvgIpc) is 2.88. The Hall–Kier alpha value is -1.28. The van der Waals surface area contributed by atoms with Crippen molar-refractivity contribution in [3.63, 3.8) is 0 Å². The van der Waals surface area contributed by atoms with Gasteiger partial charge in [-0.3, -0.25) is 0 Å². The fourth-order valence-corrected chi connectivity index (χ4v) is 4.30. The number of aromatic amines is 1. The van der Waals surface area contributed by atoms with E-state index in [1.165, 1.54) is 73.5 Å². The lowest BCUT2D eigenvalue weighted by Gasteiger charge is -2.31. The molecular formula is C19H26N2. The fourth-order valence-electron chi connectivity index (χ4n) is 4.30. The van der Waals surface area contributed by atoms with Crippen molar-refractivity contribution in [1.29, 1.82) is 0 Å². The number of aromatic nitrogens is 1. The summed E-state index contributed by atoms with van der Waals surface area (Å²) in [7, 11) is 0. The van der Waals surface area contributed by atoms with Gasteiger partial charge in [-0.25, -0.2) is 0 Å². The van der Waals surface area contributed by atoms with Crippen LogP contribution in [0.2, 0.25) is 0 Å². The Labute approximate surface area is 127 Å². The quantitative estimate of drug-likeness (QED) is 0.815. The predicted octanol–water partition coefficient (Wildman–Crippen LogP) is 4.78. The van der Waals surface area contributed by atoms with Crippen molar-refractivity contribution >= 4 is 10.9 Å². The van der Waals surface area contributed by atoms with Gasteiger partial charge in [-0.05, 0) is 56.7 Å². The molecule has 21 heavy (non-hydrogen) atoms. The monoisotopic (exact) mass is 282 g/mol. The van der Waals surface area contributed by atoms with Crippen molar-refractivity contribution < 1.29 is 0 Å². The Bertz CT molecular complexity index is 634. The van der Waals surface area contributed by atoms with E-state index in [0.717, 1.165) is 6.04 Å². The number of hydrogen-bond donors (Lipinski definition) is 2. The first-order valence-corrected chi connectivity index (χ1v) is 8.68. The van der Waals surface area contributed by atoms with E-state index in [1.54, 1.807) is 5.56 Å². The van der Waals surface area contributed by atoms with Gasteiger partial charge >= 0.3 is 0 Å². The normalized spacial score (nSPS) is 23.4. The van der Waals surface area contributed by atoms with E-state index >= 15 is 0 Å². The lowest BCUT2D eigenvalue weighted by atomic mass is 9.89. The van der Waals surface area contributed by atoms with E-state index in [-0.39, 0.29) is 0 Å². The molecule has 1 heterocycles. The molecular weight excluding hydrogens is 256 g/mol. The number of rotatable bonds is 2. The van der Waals surface area contributed by atoms with Crippen molar-refractivity contribution in [3.8, 4) is 0 Å². The van der Waals surface area contributed by atoms with E-state index in [1.807, 2.05) is 0 Å². The highest BCUT2D eigenvalue weighted by atomic mass is 15.0. The van der Waals surface area contributed by atoms with Crippen LogP contribution >= 0.6 is 0 Å². The van der Waals surface area contributed by atoms with Crippen LogP contribution in [0.4, 0.5) is 0 Å². The Kier molecular flexibility index (Phi) is 3.50. The minimum absolute atomic E-state index is 0.546. The second kappa shape index (κ2) is 5.49. The minimum atomic E-state index is 0.546. The van der Waals surface area contributed by atoms with Gasteiger partial charge in [0.15, 0.2) is 0 Å². The van der Waals surface area contributed by atoms with Crippen LogP contribution in [0.3, 0.4) is 0 Å². The highest BCUT2D eigenvalue weighted by molar-refractivity contribution is 5.85. The van der Waals surface area contributed by atoms with Gasteiger partial charge in [0.1, 0.15) is 0 Å². The number of benzene rings is 1. The molecule has 1 atom stereocenters. The first-order chi connectivity index (χ1) is 10.3. The zero-order chi connectivity index (χ0) is 14.2. The molecule has 1 saturated carbocycles. The van der Waals surface area contributed by atoms with Gasteiger partial charge in [0.2, 0.25) is 0 Å². The van der Waals surface area contributed by atoms with Crippen LogP contribution in [-0.4, -0.2) is 11.0 Å². The first-order valence-electron chi connectivity index (χ1n) is 8.68. The summed E-state index contributed by atoms with van der Waals surface area (Å²) >= 11 is 0. The van der Waals surface area contributed by atoms with Gasteiger partial charge in [0.25, 0.3) is 0 Å². The van der Waals surface area contributed by atoms with Crippen molar-refractivity contribution in [2.75, 3.05) is 0 Å². The standard InChI is InChI=1S/C19H26N2/c1-13-10-11-17-16(12-13)15-8-5-9-18(19(15)21-17)20-14-6-3-2-4-7-14/h10-12,14,18,20-21H,2-9H2,1H3/t18-/m1/s1. The molecule has 112 valence electrons. The Balaban J connectivity index is 1.65. The molecule has 2 aliphatic carbocycles. The van der Waals surface area contributed by atoms with Gasteiger partial charge in [-0.1, -0.05) is 30.9 Å². The van der Waals surface area contributed by atoms with Crippen molar-refractivity contribution in [1.82, 2.24) is 10.3 Å². The molecule has 2 N–H and O–H groups in total. The molecule has 0 bridgehead atoms. The number of nitrogens with one attached hydrogen (secondary N) is 2. The summed E-state index contributed by atoms with van der Waals surface area (Å²) in [4.78, 5) is 3.72. The third kappa shape index (κ3) is 2.50. The summed E-state index contributed by atoms with van der Waals surface area (Å²) in [6.07, 6.45) is 10.8. The molecule has 2 heteroatoms. The molecule has 1 aromatic heterocycles. The minimum Gasteiger partial charge on any atom is -0.357 e.